The molecule has 1 rings (SSSR count). The second-order valence-electron chi connectivity index (χ2n) is 1.83. The average molecular weight is 168 g/mol. The van der Waals surface area contributed by atoms with Crippen LogP contribution in [0.5, 0.6) is 0 Å². The van der Waals surface area contributed by atoms with Gasteiger partial charge in [-0.25, -0.2) is 4.98 Å². The molecule has 0 radical (unpaired) electrons. The highest BCUT2D eigenvalue weighted by atomic mass is 32.1. The van der Waals surface area contributed by atoms with Gasteiger partial charge in [-0.15, -0.1) is 0 Å². The molecular weight excluding hydrogens is 160 g/mol. The summed E-state index contributed by atoms with van der Waals surface area (Å²) in [6.07, 6.45) is 1.67. The number of nitrogens with two attached hydrogens (primary N) is 1. The van der Waals surface area contributed by atoms with E-state index in [-0.39, 0.29) is 5.11 Å². The van der Waals surface area contributed by atoms with Gasteiger partial charge < -0.3 is 5.73 Å². The van der Waals surface area contributed by atoms with Crippen molar-refractivity contribution in [3.05, 3.63) is 24.4 Å². The fraction of sp³-hybridized carbons (Fsp3) is 0. The molecule has 1 aromatic rings. The third-order valence-electron chi connectivity index (χ3n) is 0.979. The summed E-state index contributed by atoms with van der Waals surface area (Å²) in [5.74, 6) is 0.681. The predicted molar refractivity (Wildman–Crippen MR) is 47.8 cm³/mol. The van der Waals surface area contributed by atoms with Crippen LogP contribution in [-0.4, -0.2) is 10.1 Å². The topological polar surface area (TPSA) is 63.0 Å². The molecule has 1 aromatic heterocycles. The summed E-state index contributed by atoms with van der Waals surface area (Å²) in [5, 5.41) is 0.190. The van der Waals surface area contributed by atoms with Gasteiger partial charge in [-0.05, 0) is 24.4 Å². The minimum absolute atomic E-state index is 0.190. The Bertz CT molecular complexity index is 236. The van der Waals surface area contributed by atoms with Crippen LogP contribution in [0.1, 0.15) is 0 Å². The summed E-state index contributed by atoms with van der Waals surface area (Å²) in [6, 6.07) is 5.48. The minimum Gasteiger partial charge on any atom is -0.375 e. The fourth-order valence-corrected chi connectivity index (χ4v) is 0.613. The summed E-state index contributed by atoms with van der Waals surface area (Å²) >= 11 is 4.57. The first-order valence-electron chi connectivity index (χ1n) is 3.01. The van der Waals surface area contributed by atoms with E-state index in [0.29, 0.717) is 5.82 Å². The number of pyridine rings is 1. The van der Waals surface area contributed by atoms with Crippen LogP contribution in [0.3, 0.4) is 0 Å². The van der Waals surface area contributed by atoms with Crippen molar-refractivity contribution in [3.8, 4) is 0 Å². The molecule has 0 atom stereocenters. The summed E-state index contributed by atoms with van der Waals surface area (Å²) in [4.78, 5) is 3.96. The van der Waals surface area contributed by atoms with E-state index < -0.39 is 0 Å². The van der Waals surface area contributed by atoms with Gasteiger partial charge >= 0.3 is 0 Å². The summed E-state index contributed by atoms with van der Waals surface area (Å²) < 4.78 is 0. The first-order valence-corrected chi connectivity index (χ1v) is 3.42. The van der Waals surface area contributed by atoms with Crippen LogP contribution in [0.25, 0.3) is 0 Å². The zero-order valence-electron chi connectivity index (χ0n) is 5.74. The Hall–Kier alpha value is -1.36. The zero-order chi connectivity index (χ0) is 8.10. The van der Waals surface area contributed by atoms with Crippen molar-refractivity contribution in [1.82, 2.24) is 10.4 Å². The molecule has 58 valence electrons. The minimum atomic E-state index is 0.190. The lowest BCUT2D eigenvalue weighted by atomic mass is 10.5. The molecule has 0 spiro atoms. The molecule has 0 aliphatic carbocycles. The average Bonchev–Trinajstić information content (AvgIpc) is 2.03. The van der Waals surface area contributed by atoms with Gasteiger partial charge in [-0.2, -0.15) is 0 Å². The Morgan fingerprint density at radius 1 is 1.55 bits per heavy atom. The van der Waals surface area contributed by atoms with Crippen molar-refractivity contribution in [2.45, 2.75) is 0 Å². The number of hydrogen-bond acceptors (Lipinski definition) is 3. The molecule has 5 heteroatoms. The van der Waals surface area contributed by atoms with Gasteiger partial charge in [-0.1, -0.05) is 6.07 Å². The number of aromatic nitrogens is 1. The first-order chi connectivity index (χ1) is 5.29. The molecule has 4 nitrogen and oxygen atoms in total. The molecule has 4 N–H and O–H groups in total. The molecular formula is C6H8N4S. The smallest absolute Gasteiger partial charge is 0.182 e. The van der Waals surface area contributed by atoms with Crippen LogP contribution in [0.15, 0.2) is 24.4 Å². The van der Waals surface area contributed by atoms with Gasteiger partial charge in [0.2, 0.25) is 0 Å². The molecule has 11 heavy (non-hydrogen) atoms. The van der Waals surface area contributed by atoms with Gasteiger partial charge in [0.15, 0.2) is 5.11 Å². The summed E-state index contributed by atoms with van der Waals surface area (Å²) in [7, 11) is 0. The third kappa shape index (κ3) is 2.81. The molecule has 0 aromatic carbocycles. The largest absolute Gasteiger partial charge is 0.375 e. The molecule has 0 saturated heterocycles. The van der Waals surface area contributed by atoms with E-state index >= 15 is 0 Å². The maximum Gasteiger partial charge on any atom is 0.182 e. The molecule has 0 bridgehead atoms. The lowest BCUT2D eigenvalue weighted by molar-refractivity contribution is 1.09. The van der Waals surface area contributed by atoms with E-state index in [1.54, 1.807) is 12.3 Å². The Kier molecular flexibility index (Phi) is 2.62. The monoisotopic (exact) mass is 168 g/mol. The highest BCUT2D eigenvalue weighted by Gasteiger charge is 1.88. The molecule has 0 unspecified atom stereocenters. The number of nitrogens with one attached hydrogen (secondary N) is 2. The number of nitrogens with zero attached hydrogens (tertiary/aromatic N) is 1. The van der Waals surface area contributed by atoms with E-state index in [1.165, 1.54) is 0 Å². The quantitative estimate of drug-likeness (QED) is 0.436. The Labute approximate surface area is 69.8 Å². The van der Waals surface area contributed by atoms with Gasteiger partial charge in [0, 0.05) is 6.20 Å². The summed E-state index contributed by atoms with van der Waals surface area (Å²) in [5.41, 5.74) is 10.4. The third-order valence-corrected chi connectivity index (χ3v) is 1.08. The van der Waals surface area contributed by atoms with E-state index in [2.05, 4.69) is 28.1 Å². The van der Waals surface area contributed by atoms with Crippen LogP contribution in [0, 0.1) is 0 Å². The van der Waals surface area contributed by atoms with Crippen molar-refractivity contribution in [1.29, 1.82) is 0 Å². The van der Waals surface area contributed by atoms with Crippen molar-refractivity contribution in [2.24, 2.45) is 5.73 Å². The van der Waals surface area contributed by atoms with Gasteiger partial charge in [0.05, 0.1) is 0 Å². The maximum atomic E-state index is 5.17. The molecule has 0 aliphatic heterocycles. The molecule has 0 aliphatic rings. The standard InChI is InChI=1S/C6H8N4S/c7-6(11)10-9-5-3-1-2-4-8-5/h1-4H,(H,8,9)(H3,7,10,11). The Balaban J connectivity index is 2.45. The van der Waals surface area contributed by atoms with Crippen LogP contribution < -0.4 is 16.6 Å². The highest BCUT2D eigenvalue weighted by molar-refractivity contribution is 7.80. The van der Waals surface area contributed by atoms with Crippen molar-refractivity contribution in [2.75, 3.05) is 5.43 Å². The second-order valence-corrected chi connectivity index (χ2v) is 2.27. The van der Waals surface area contributed by atoms with Crippen molar-refractivity contribution < 1.29 is 0 Å². The van der Waals surface area contributed by atoms with Crippen LogP contribution >= 0.6 is 12.2 Å². The maximum absolute atomic E-state index is 5.17. The van der Waals surface area contributed by atoms with Crippen LogP contribution in [-0.2, 0) is 0 Å². The van der Waals surface area contributed by atoms with Crippen molar-refractivity contribution in [3.63, 3.8) is 0 Å². The fourth-order valence-electron chi connectivity index (χ4n) is 0.562. The Morgan fingerprint density at radius 3 is 2.91 bits per heavy atom. The van der Waals surface area contributed by atoms with E-state index in [1.807, 2.05) is 12.1 Å². The molecule has 1 heterocycles. The van der Waals surface area contributed by atoms with Gasteiger partial charge in [-0.3, -0.25) is 10.9 Å². The number of anilines is 1. The lowest BCUT2D eigenvalue weighted by Gasteiger charge is -2.04. The lowest BCUT2D eigenvalue weighted by Crippen LogP contribution is -2.34. The number of thiocarbonyl (C=S) groups is 1. The van der Waals surface area contributed by atoms with Gasteiger partial charge in [0.25, 0.3) is 0 Å². The van der Waals surface area contributed by atoms with E-state index in [0.717, 1.165) is 0 Å². The normalized spacial score (nSPS) is 8.73. The number of hydrazine groups is 1. The first kappa shape index (κ1) is 7.74. The van der Waals surface area contributed by atoms with Crippen LogP contribution in [0.4, 0.5) is 5.82 Å². The molecule has 0 amide bonds. The van der Waals surface area contributed by atoms with Crippen molar-refractivity contribution >= 4 is 23.1 Å². The molecule has 0 saturated carbocycles. The molecule has 0 fully saturated rings. The predicted octanol–water partition coefficient (Wildman–Crippen LogP) is 0.242. The van der Waals surface area contributed by atoms with E-state index in [4.69, 9.17) is 5.73 Å². The number of hydrogen-bond donors (Lipinski definition) is 3. The summed E-state index contributed by atoms with van der Waals surface area (Å²) in [6.45, 7) is 0. The SMILES string of the molecule is NC(=S)NNc1ccccn1. The number of rotatable bonds is 2. The zero-order valence-corrected chi connectivity index (χ0v) is 6.56. The Morgan fingerprint density at radius 2 is 2.36 bits per heavy atom. The van der Waals surface area contributed by atoms with Crippen LogP contribution in [0.2, 0.25) is 0 Å². The second kappa shape index (κ2) is 3.72. The van der Waals surface area contributed by atoms with E-state index in [9.17, 15) is 0 Å². The van der Waals surface area contributed by atoms with Gasteiger partial charge in [0.1, 0.15) is 5.82 Å². The highest BCUT2D eigenvalue weighted by Crippen LogP contribution is 1.95.